The molecule has 3 rings (SSSR count). The summed E-state index contributed by atoms with van der Waals surface area (Å²) in [6.45, 7) is 0. The van der Waals surface area contributed by atoms with E-state index in [1.807, 2.05) is 0 Å². The van der Waals surface area contributed by atoms with Gasteiger partial charge in [-0.1, -0.05) is 23.9 Å². The molecule has 1 heterocycles. The number of carbonyl (C=O) groups excluding carboxylic acids is 1. The average molecular weight is 342 g/mol. The maximum Gasteiger partial charge on any atom is 0.177 e. The summed E-state index contributed by atoms with van der Waals surface area (Å²) in [5, 5.41) is 9.03. The molecule has 3 nitrogen and oxygen atoms in total. The Morgan fingerprint density at radius 2 is 1.58 bits per heavy atom. The third-order valence-corrected chi connectivity index (χ3v) is 5.08. The molecule has 2 aromatic rings. The molecule has 0 aromatic heterocycles. The van der Waals surface area contributed by atoms with Crippen LogP contribution in [-0.2, 0) is 0 Å². The summed E-state index contributed by atoms with van der Waals surface area (Å²) in [6.07, 6.45) is 0. The van der Waals surface area contributed by atoms with Gasteiger partial charge in [-0.15, -0.1) is 0 Å². The zero-order valence-corrected chi connectivity index (χ0v) is 13.2. The molecule has 0 spiro atoms. The topological polar surface area (TPSA) is 66.9 Å². The Morgan fingerprint density at radius 3 is 2.12 bits per heavy atom. The quantitative estimate of drug-likeness (QED) is 0.863. The van der Waals surface area contributed by atoms with Crippen molar-refractivity contribution in [1.29, 1.82) is 5.26 Å². The van der Waals surface area contributed by atoms with E-state index in [9.17, 15) is 18.8 Å². The number of hydrogen-bond acceptors (Lipinski definition) is 4. The third-order valence-electron chi connectivity index (χ3n) is 3.87. The molecule has 6 heteroatoms. The highest BCUT2D eigenvalue weighted by molar-refractivity contribution is 8.04. The molecule has 0 aliphatic carbocycles. The Balaban J connectivity index is 2.00. The monoisotopic (exact) mass is 342 g/mol. The summed E-state index contributed by atoms with van der Waals surface area (Å²) < 4.78 is 26.2. The highest BCUT2D eigenvalue weighted by Crippen LogP contribution is 2.46. The standard InChI is InChI=1S/C18H12F2N2OS/c19-12-5-1-10(2-6-12)15-14(9-21)18(22)24-17(15)16(23)11-3-7-13(20)8-4-11/h1-8,15,17H,22H2/t15-,17-/m1/s1. The first-order valence-corrected chi connectivity index (χ1v) is 8.01. The number of nitrogens with zero attached hydrogens (tertiary/aromatic N) is 1. The van der Waals surface area contributed by atoms with E-state index in [-0.39, 0.29) is 10.8 Å². The lowest BCUT2D eigenvalue weighted by atomic mass is 9.86. The molecule has 120 valence electrons. The van der Waals surface area contributed by atoms with Crippen LogP contribution in [0.3, 0.4) is 0 Å². The van der Waals surface area contributed by atoms with Crippen LogP contribution in [-0.4, -0.2) is 11.0 Å². The molecule has 0 amide bonds. The molecule has 2 atom stereocenters. The molecular formula is C18H12F2N2OS. The first-order valence-electron chi connectivity index (χ1n) is 7.13. The van der Waals surface area contributed by atoms with Crippen molar-refractivity contribution in [2.45, 2.75) is 11.2 Å². The molecular weight excluding hydrogens is 330 g/mol. The minimum atomic E-state index is -0.643. The van der Waals surface area contributed by atoms with Gasteiger partial charge in [-0.2, -0.15) is 5.26 Å². The van der Waals surface area contributed by atoms with Gasteiger partial charge >= 0.3 is 0 Å². The predicted molar refractivity (Wildman–Crippen MR) is 88.1 cm³/mol. The van der Waals surface area contributed by atoms with E-state index in [1.54, 1.807) is 12.1 Å². The molecule has 0 bridgehead atoms. The summed E-state index contributed by atoms with van der Waals surface area (Å²) in [5.41, 5.74) is 7.19. The van der Waals surface area contributed by atoms with Crippen molar-refractivity contribution >= 4 is 17.5 Å². The first-order chi connectivity index (χ1) is 11.5. The van der Waals surface area contributed by atoms with Crippen molar-refractivity contribution in [2.75, 3.05) is 0 Å². The lowest BCUT2D eigenvalue weighted by molar-refractivity contribution is 0.0985. The van der Waals surface area contributed by atoms with Gasteiger partial charge < -0.3 is 5.73 Å². The number of Topliss-reactive ketones (excluding diaryl/α,β-unsaturated/α-hetero) is 1. The van der Waals surface area contributed by atoms with Gasteiger partial charge in [-0.05, 0) is 42.0 Å². The zero-order chi connectivity index (χ0) is 17.3. The SMILES string of the molecule is N#CC1=C(N)S[C@@H](C(=O)c2ccc(F)cc2)[C@@H]1c1ccc(F)cc1. The van der Waals surface area contributed by atoms with Crippen molar-refractivity contribution in [3.05, 3.63) is 81.9 Å². The van der Waals surface area contributed by atoms with Crippen LogP contribution in [0.2, 0.25) is 0 Å². The lowest BCUT2D eigenvalue weighted by Gasteiger charge is -2.19. The molecule has 0 saturated heterocycles. The second-order valence-corrected chi connectivity index (χ2v) is 6.51. The number of thioether (sulfide) groups is 1. The maximum atomic E-state index is 13.2. The van der Waals surface area contributed by atoms with Gasteiger partial charge in [0, 0.05) is 11.5 Å². The zero-order valence-electron chi connectivity index (χ0n) is 12.4. The van der Waals surface area contributed by atoms with Crippen LogP contribution in [0.25, 0.3) is 0 Å². The number of ketones is 1. The van der Waals surface area contributed by atoms with Crippen LogP contribution < -0.4 is 5.73 Å². The van der Waals surface area contributed by atoms with E-state index in [1.165, 1.54) is 36.4 Å². The maximum absolute atomic E-state index is 13.2. The van der Waals surface area contributed by atoms with Gasteiger partial charge in [0.1, 0.15) is 11.6 Å². The molecule has 2 N–H and O–H groups in total. The Hall–Kier alpha value is -2.65. The minimum absolute atomic E-state index is 0.248. The van der Waals surface area contributed by atoms with E-state index in [4.69, 9.17) is 5.73 Å². The van der Waals surface area contributed by atoms with E-state index >= 15 is 0 Å². The fourth-order valence-electron chi connectivity index (χ4n) is 2.69. The van der Waals surface area contributed by atoms with Crippen LogP contribution in [0.4, 0.5) is 8.78 Å². The number of rotatable bonds is 3. The number of nitriles is 1. The number of benzene rings is 2. The van der Waals surface area contributed by atoms with Crippen LogP contribution >= 0.6 is 11.8 Å². The molecule has 1 aliphatic rings. The summed E-state index contributed by atoms with van der Waals surface area (Å²) in [7, 11) is 0. The second kappa shape index (κ2) is 6.46. The number of halogens is 2. The van der Waals surface area contributed by atoms with Crippen molar-refractivity contribution in [3.8, 4) is 6.07 Å². The summed E-state index contributed by atoms with van der Waals surface area (Å²) in [6, 6.07) is 12.9. The molecule has 0 radical (unpaired) electrons. The van der Waals surface area contributed by atoms with Gasteiger partial charge in [-0.3, -0.25) is 4.79 Å². The normalized spacial score (nSPS) is 20.0. The molecule has 0 saturated carbocycles. The van der Waals surface area contributed by atoms with Crippen LogP contribution in [0.15, 0.2) is 59.1 Å². The van der Waals surface area contributed by atoms with Crippen molar-refractivity contribution < 1.29 is 13.6 Å². The summed E-state index contributed by atoms with van der Waals surface area (Å²) in [5.74, 6) is -1.64. The van der Waals surface area contributed by atoms with E-state index < -0.39 is 22.8 Å². The highest BCUT2D eigenvalue weighted by atomic mass is 32.2. The fraction of sp³-hybridized carbons (Fsp3) is 0.111. The largest absolute Gasteiger partial charge is 0.393 e. The van der Waals surface area contributed by atoms with Crippen LogP contribution in [0.1, 0.15) is 21.8 Å². The number of carbonyl (C=O) groups is 1. The second-order valence-electron chi connectivity index (χ2n) is 5.33. The Bertz CT molecular complexity index is 854. The van der Waals surface area contributed by atoms with Gasteiger partial charge in [0.15, 0.2) is 5.78 Å². The molecule has 0 fully saturated rings. The first kappa shape index (κ1) is 16.2. The Labute approximate surface area is 141 Å². The molecule has 1 aliphatic heterocycles. The molecule has 24 heavy (non-hydrogen) atoms. The molecule has 2 aromatic carbocycles. The van der Waals surface area contributed by atoms with Crippen molar-refractivity contribution in [1.82, 2.24) is 0 Å². The fourth-order valence-corrected chi connectivity index (χ4v) is 3.94. The number of nitrogens with two attached hydrogens (primary N) is 1. The summed E-state index contributed by atoms with van der Waals surface area (Å²) in [4.78, 5) is 12.8. The van der Waals surface area contributed by atoms with Gasteiger partial charge in [0.05, 0.1) is 21.9 Å². The highest BCUT2D eigenvalue weighted by Gasteiger charge is 2.40. The van der Waals surface area contributed by atoms with Crippen molar-refractivity contribution in [2.24, 2.45) is 5.73 Å². The van der Waals surface area contributed by atoms with E-state index in [0.717, 1.165) is 11.8 Å². The van der Waals surface area contributed by atoms with Gasteiger partial charge in [0.25, 0.3) is 0 Å². The molecule has 0 unspecified atom stereocenters. The Morgan fingerprint density at radius 1 is 1.04 bits per heavy atom. The van der Waals surface area contributed by atoms with Gasteiger partial charge in [-0.25, -0.2) is 8.78 Å². The third kappa shape index (κ3) is 2.91. The van der Waals surface area contributed by atoms with E-state index in [2.05, 4.69) is 6.07 Å². The van der Waals surface area contributed by atoms with Crippen LogP contribution in [0, 0.1) is 23.0 Å². The smallest absolute Gasteiger partial charge is 0.177 e. The summed E-state index contributed by atoms with van der Waals surface area (Å²) >= 11 is 1.11. The predicted octanol–water partition coefficient (Wildman–Crippen LogP) is 3.74. The minimum Gasteiger partial charge on any atom is -0.393 e. The Kier molecular flexibility index (Phi) is 4.36. The lowest BCUT2D eigenvalue weighted by Crippen LogP contribution is -2.23. The number of hydrogen-bond donors (Lipinski definition) is 1. The van der Waals surface area contributed by atoms with Crippen LogP contribution in [0.5, 0.6) is 0 Å². The number of allylic oxidation sites excluding steroid dienone is 1. The van der Waals surface area contributed by atoms with Gasteiger partial charge in [0.2, 0.25) is 0 Å². The average Bonchev–Trinajstić information content (AvgIpc) is 2.92. The van der Waals surface area contributed by atoms with E-state index in [0.29, 0.717) is 16.7 Å². The van der Waals surface area contributed by atoms with Crippen molar-refractivity contribution in [3.63, 3.8) is 0 Å².